The van der Waals surface area contributed by atoms with E-state index in [0.29, 0.717) is 12.3 Å². The van der Waals surface area contributed by atoms with E-state index in [-0.39, 0.29) is 12.5 Å². The van der Waals surface area contributed by atoms with Gasteiger partial charge >= 0.3 is 0 Å². The lowest BCUT2D eigenvalue weighted by Crippen LogP contribution is -2.40. The van der Waals surface area contributed by atoms with Gasteiger partial charge in [0, 0.05) is 17.5 Å². The van der Waals surface area contributed by atoms with Crippen molar-refractivity contribution in [2.75, 3.05) is 6.54 Å². The number of carbonyl (C=O) groups excluding carboxylic acids is 1. The molecule has 0 aliphatic heterocycles. The van der Waals surface area contributed by atoms with Crippen LogP contribution in [0.5, 0.6) is 0 Å². The first-order valence-electron chi connectivity index (χ1n) is 6.52. The normalized spacial score (nSPS) is 14.8. The Labute approximate surface area is 119 Å². The van der Waals surface area contributed by atoms with Crippen molar-refractivity contribution in [2.45, 2.75) is 39.7 Å². The number of amides is 1. The van der Waals surface area contributed by atoms with Gasteiger partial charge in [-0.25, -0.2) is 0 Å². The smallest absolute Gasteiger partial charge is 0.244 e. The van der Waals surface area contributed by atoms with E-state index in [2.05, 4.69) is 19.2 Å². The van der Waals surface area contributed by atoms with E-state index in [1.165, 1.54) is 11.6 Å². The van der Waals surface area contributed by atoms with E-state index in [9.17, 15) is 9.90 Å². The second kappa shape index (κ2) is 6.87. The average molecular weight is 281 g/mol. The maximum absolute atomic E-state index is 11.7. The summed E-state index contributed by atoms with van der Waals surface area (Å²) in [7, 11) is 0. The molecule has 0 fully saturated rings. The van der Waals surface area contributed by atoms with E-state index in [0.717, 1.165) is 4.88 Å². The molecule has 1 aromatic heterocycles. The third-order valence-corrected chi connectivity index (χ3v) is 3.76. The lowest BCUT2D eigenvalue weighted by Gasteiger charge is -2.25. The first-order valence-corrected chi connectivity index (χ1v) is 7.40. The molecule has 106 valence electrons. The first kappa shape index (κ1) is 15.9. The maximum atomic E-state index is 11.7. The monoisotopic (exact) mass is 281 g/mol. The third kappa shape index (κ3) is 6.03. The van der Waals surface area contributed by atoms with Gasteiger partial charge in [-0.3, -0.25) is 4.79 Å². The minimum Gasteiger partial charge on any atom is -0.388 e. The number of hydrogen-bond donors (Lipinski definition) is 2. The van der Waals surface area contributed by atoms with Crippen molar-refractivity contribution in [1.29, 1.82) is 0 Å². The minimum absolute atomic E-state index is 0.170. The van der Waals surface area contributed by atoms with E-state index in [1.54, 1.807) is 18.3 Å². The summed E-state index contributed by atoms with van der Waals surface area (Å²) in [6.07, 6.45) is 4.00. The molecule has 0 aromatic carbocycles. The molecule has 1 unspecified atom stereocenters. The Balaban J connectivity index is 2.44. The van der Waals surface area contributed by atoms with Gasteiger partial charge in [-0.2, -0.15) is 0 Å². The number of aliphatic hydroxyl groups is 1. The van der Waals surface area contributed by atoms with Crippen molar-refractivity contribution in [3.05, 3.63) is 28.0 Å². The van der Waals surface area contributed by atoms with Crippen molar-refractivity contribution in [3.8, 4) is 0 Å². The van der Waals surface area contributed by atoms with Gasteiger partial charge in [-0.15, -0.1) is 11.3 Å². The van der Waals surface area contributed by atoms with E-state index < -0.39 is 5.60 Å². The van der Waals surface area contributed by atoms with Crippen molar-refractivity contribution in [3.63, 3.8) is 0 Å². The standard InChI is InChI=1S/C15H23NO2S/c1-11(2)9-15(4,18)10-16-14(17)6-5-13-12(3)7-8-19-13/h5-8,11,18H,9-10H2,1-4H3,(H,16,17). The molecule has 1 atom stereocenters. The zero-order valence-corrected chi connectivity index (χ0v) is 12.9. The first-order chi connectivity index (χ1) is 8.80. The van der Waals surface area contributed by atoms with Crippen LogP contribution in [0.4, 0.5) is 0 Å². The van der Waals surface area contributed by atoms with Crippen LogP contribution < -0.4 is 5.32 Å². The summed E-state index contributed by atoms with van der Waals surface area (Å²) in [5.74, 6) is 0.230. The Hall–Kier alpha value is -1.13. The fourth-order valence-electron chi connectivity index (χ4n) is 1.99. The molecule has 4 heteroatoms. The quantitative estimate of drug-likeness (QED) is 0.788. The molecule has 0 aliphatic rings. The lowest BCUT2D eigenvalue weighted by atomic mass is 9.94. The highest BCUT2D eigenvalue weighted by Gasteiger charge is 2.21. The Morgan fingerprint density at radius 1 is 1.58 bits per heavy atom. The molecule has 0 radical (unpaired) electrons. The summed E-state index contributed by atoms with van der Waals surface area (Å²) in [6, 6.07) is 2.02. The van der Waals surface area contributed by atoms with Crippen LogP contribution in [0, 0.1) is 12.8 Å². The molecule has 2 N–H and O–H groups in total. The third-order valence-electron chi connectivity index (χ3n) is 2.78. The average Bonchev–Trinajstić information content (AvgIpc) is 2.68. The van der Waals surface area contributed by atoms with Crippen molar-refractivity contribution >= 4 is 23.3 Å². The van der Waals surface area contributed by atoms with E-state index >= 15 is 0 Å². The zero-order chi connectivity index (χ0) is 14.5. The Morgan fingerprint density at radius 2 is 2.26 bits per heavy atom. The molecule has 0 bridgehead atoms. The van der Waals surface area contributed by atoms with E-state index in [4.69, 9.17) is 0 Å². The largest absolute Gasteiger partial charge is 0.388 e. The van der Waals surface area contributed by atoms with Crippen LogP contribution in [0.2, 0.25) is 0 Å². The van der Waals surface area contributed by atoms with Crippen LogP contribution in [0.25, 0.3) is 6.08 Å². The van der Waals surface area contributed by atoms with Crippen LogP contribution in [0.3, 0.4) is 0 Å². The van der Waals surface area contributed by atoms with Crippen LogP contribution >= 0.6 is 11.3 Å². The summed E-state index contributed by atoms with van der Waals surface area (Å²) in [6.45, 7) is 8.14. The van der Waals surface area contributed by atoms with Gasteiger partial charge in [-0.1, -0.05) is 13.8 Å². The van der Waals surface area contributed by atoms with Gasteiger partial charge in [0.1, 0.15) is 0 Å². The Kier molecular flexibility index (Phi) is 5.76. The highest BCUT2D eigenvalue weighted by Crippen LogP contribution is 2.17. The molecule has 0 spiro atoms. The number of nitrogens with one attached hydrogen (secondary N) is 1. The maximum Gasteiger partial charge on any atom is 0.244 e. The number of thiophene rings is 1. The van der Waals surface area contributed by atoms with Gasteiger partial charge in [0.05, 0.1) is 5.60 Å². The SMILES string of the molecule is Cc1ccsc1C=CC(=O)NCC(C)(O)CC(C)C. The van der Waals surface area contributed by atoms with Gasteiger partial charge < -0.3 is 10.4 Å². The molecule has 1 aromatic rings. The molecule has 0 saturated carbocycles. The summed E-state index contributed by atoms with van der Waals surface area (Å²) >= 11 is 1.61. The van der Waals surface area contributed by atoms with Crippen LogP contribution in [0.15, 0.2) is 17.5 Å². The molecule has 0 saturated heterocycles. The molecular formula is C15H23NO2S. The summed E-state index contributed by atoms with van der Waals surface area (Å²) in [5, 5.41) is 14.8. The second-order valence-electron chi connectivity index (χ2n) is 5.61. The lowest BCUT2D eigenvalue weighted by molar-refractivity contribution is -0.117. The predicted octanol–water partition coefficient (Wildman–Crippen LogP) is 2.98. The Morgan fingerprint density at radius 3 is 2.79 bits per heavy atom. The van der Waals surface area contributed by atoms with Crippen molar-refractivity contribution in [2.24, 2.45) is 5.92 Å². The zero-order valence-electron chi connectivity index (χ0n) is 12.1. The van der Waals surface area contributed by atoms with E-state index in [1.807, 2.05) is 24.4 Å². The molecule has 3 nitrogen and oxygen atoms in total. The topological polar surface area (TPSA) is 49.3 Å². The summed E-state index contributed by atoms with van der Waals surface area (Å²) in [5.41, 5.74) is 0.317. The van der Waals surface area contributed by atoms with Gasteiger partial charge in [0.2, 0.25) is 5.91 Å². The molecule has 19 heavy (non-hydrogen) atoms. The number of aryl methyl sites for hydroxylation is 1. The van der Waals surface area contributed by atoms with Crippen LogP contribution in [-0.4, -0.2) is 23.2 Å². The van der Waals surface area contributed by atoms with Gasteiger partial charge in [0.15, 0.2) is 0 Å². The van der Waals surface area contributed by atoms with Gasteiger partial charge in [0.25, 0.3) is 0 Å². The van der Waals surface area contributed by atoms with Crippen LogP contribution in [0.1, 0.15) is 37.6 Å². The number of carbonyl (C=O) groups is 1. The second-order valence-corrected chi connectivity index (χ2v) is 6.56. The van der Waals surface area contributed by atoms with Crippen molar-refractivity contribution < 1.29 is 9.90 Å². The summed E-state index contributed by atoms with van der Waals surface area (Å²) in [4.78, 5) is 12.8. The molecule has 1 rings (SSSR count). The van der Waals surface area contributed by atoms with Crippen molar-refractivity contribution in [1.82, 2.24) is 5.32 Å². The van der Waals surface area contributed by atoms with Crippen LogP contribution in [-0.2, 0) is 4.79 Å². The molecular weight excluding hydrogens is 258 g/mol. The predicted molar refractivity (Wildman–Crippen MR) is 81.2 cm³/mol. The highest BCUT2D eigenvalue weighted by atomic mass is 32.1. The molecule has 1 amide bonds. The fraction of sp³-hybridized carbons (Fsp3) is 0.533. The molecule has 0 aliphatic carbocycles. The van der Waals surface area contributed by atoms with Gasteiger partial charge in [-0.05, 0) is 49.3 Å². The fourth-order valence-corrected chi connectivity index (χ4v) is 2.81. The number of rotatable bonds is 6. The summed E-state index contributed by atoms with van der Waals surface area (Å²) < 4.78 is 0. The highest BCUT2D eigenvalue weighted by molar-refractivity contribution is 7.11. The minimum atomic E-state index is -0.851. The molecule has 1 heterocycles. The number of hydrogen-bond acceptors (Lipinski definition) is 3. The Bertz CT molecular complexity index is 447.